The van der Waals surface area contributed by atoms with E-state index in [1.54, 1.807) is 19.1 Å². The number of benzene rings is 2. The van der Waals surface area contributed by atoms with Crippen molar-refractivity contribution in [2.45, 2.75) is 26.1 Å². The Kier molecular flexibility index (Phi) is 8.58. The van der Waals surface area contributed by atoms with Crippen LogP contribution in [0.1, 0.15) is 18.1 Å². The SMILES string of the molecule is COc1ccc(N(C(C)C(=O)NCc2ccc(CN3CCOCC3)cc2)S(C)(=O)=O)cc1Cl. The molecular weight excluding hydrogens is 466 g/mol. The van der Waals surface area contributed by atoms with Gasteiger partial charge >= 0.3 is 0 Å². The van der Waals surface area contributed by atoms with Crippen LogP contribution in [-0.4, -0.2) is 64.9 Å². The van der Waals surface area contributed by atoms with Crippen LogP contribution in [0, 0.1) is 0 Å². The summed E-state index contributed by atoms with van der Waals surface area (Å²) in [5.41, 5.74) is 2.41. The van der Waals surface area contributed by atoms with Gasteiger partial charge in [-0.2, -0.15) is 0 Å². The van der Waals surface area contributed by atoms with Gasteiger partial charge in [0.05, 0.1) is 37.3 Å². The lowest BCUT2D eigenvalue weighted by atomic mass is 10.1. The summed E-state index contributed by atoms with van der Waals surface area (Å²) in [6.45, 7) is 6.06. The topological polar surface area (TPSA) is 88.2 Å². The van der Waals surface area contributed by atoms with Crippen molar-refractivity contribution in [1.82, 2.24) is 10.2 Å². The summed E-state index contributed by atoms with van der Waals surface area (Å²) < 4.78 is 36.5. The minimum absolute atomic E-state index is 0.258. The highest BCUT2D eigenvalue weighted by Crippen LogP contribution is 2.31. The van der Waals surface area contributed by atoms with E-state index in [-0.39, 0.29) is 5.02 Å². The van der Waals surface area contributed by atoms with Crippen molar-refractivity contribution in [3.8, 4) is 5.75 Å². The van der Waals surface area contributed by atoms with E-state index in [0.717, 1.165) is 49.0 Å². The molecule has 1 aliphatic rings. The van der Waals surface area contributed by atoms with E-state index in [0.29, 0.717) is 18.0 Å². The zero-order valence-corrected chi connectivity index (χ0v) is 20.7. The molecule has 1 atom stereocenters. The number of nitrogens with one attached hydrogen (secondary N) is 1. The first-order chi connectivity index (χ1) is 15.7. The number of rotatable bonds is 9. The van der Waals surface area contributed by atoms with Crippen LogP contribution in [0.15, 0.2) is 42.5 Å². The Morgan fingerprint density at radius 1 is 1.18 bits per heavy atom. The number of nitrogens with zero attached hydrogens (tertiary/aromatic N) is 2. The number of amides is 1. The van der Waals surface area contributed by atoms with Gasteiger partial charge in [-0.25, -0.2) is 8.42 Å². The summed E-state index contributed by atoms with van der Waals surface area (Å²) >= 11 is 6.17. The summed E-state index contributed by atoms with van der Waals surface area (Å²) in [6, 6.07) is 11.7. The highest BCUT2D eigenvalue weighted by Gasteiger charge is 2.29. The standard InChI is InChI=1S/C23H30ClN3O5S/c1-17(27(33(3,29)30)20-8-9-22(31-2)21(24)14-20)23(28)25-15-18-4-6-19(7-5-18)16-26-10-12-32-13-11-26/h4-9,14,17H,10-13,15-16H2,1-3H3,(H,25,28). The molecule has 2 aromatic carbocycles. The minimum atomic E-state index is -3.74. The molecule has 180 valence electrons. The second-order valence-corrected chi connectivity index (χ2v) is 10.2. The second-order valence-electron chi connectivity index (χ2n) is 7.98. The normalized spacial score (nSPS) is 15.6. The molecule has 0 radical (unpaired) electrons. The Bertz CT molecular complexity index is 1060. The molecule has 0 aliphatic carbocycles. The zero-order valence-electron chi connectivity index (χ0n) is 19.1. The third-order valence-corrected chi connectivity index (χ3v) is 7.01. The Balaban J connectivity index is 1.63. The van der Waals surface area contributed by atoms with Gasteiger partial charge in [-0.3, -0.25) is 14.0 Å². The highest BCUT2D eigenvalue weighted by atomic mass is 35.5. The molecule has 1 unspecified atom stereocenters. The fourth-order valence-corrected chi connectivity index (χ4v) is 5.14. The number of hydrogen-bond acceptors (Lipinski definition) is 6. The van der Waals surface area contributed by atoms with E-state index in [2.05, 4.69) is 10.2 Å². The largest absolute Gasteiger partial charge is 0.495 e. The molecule has 0 bridgehead atoms. The monoisotopic (exact) mass is 495 g/mol. The molecule has 8 nitrogen and oxygen atoms in total. The molecule has 1 fully saturated rings. The van der Waals surface area contributed by atoms with Crippen LogP contribution in [-0.2, 0) is 32.6 Å². The number of anilines is 1. The maximum absolute atomic E-state index is 12.8. The van der Waals surface area contributed by atoms with Crippen molar-refractivity contribution in [3.05, 3.63) is 58.6 Å². The van der Waals surface area contributed by atoms with E-state index in [1.165, 1.54) is 18.7 Å². The minimum Gasteiger partial charge on any atom is -0.495 e. The number of hydrogen-bond donors (Lipinski definition) is 1. The number of halogens is 1. The van der Waals surface area contributed by atoms with Crippen LogP contribution in [0.5, 0.6) is 5.75 Å². The molecule has 0 spiro atoms. The molecule has 1 N–H and O–H groups in total. The third kappa shape index (κ3) is 6.83. The summed E-state index contributed by atoms with van der Waals surface area (Å²) in [5.74, 6) is 0.00722. The first-order valence-corrected chi connectivity index (χ1v) is 12.9. The van der Waals surface area contributed by atoms with Gasteiger partial charge in [0.2, 0.25) is 15.9 Å². The van der Waals surface area contributed by atoms with Gasteiger partial charge in [0.25, 0.3) is 0 Å². The Hall–Kier alpha value is -2.33. The zero-order chi connectivity index (χ0) is 24.0. The van der Waals surface area contributed by atoms with Crippen molar-refractivity contribution >= 4 is 33.2 Å². The maximum atomic E-state index is 12.8. The van der Waals surface area contributed by atoms with E-state index < -0.39 is 22.0 Å². The third-order valence-electron chi connectivity index (χ3n) is 5.48. The van der Waals surface area contributed by atoms with Crippen LogP contribution >= 0.6 is 11.6 Å². The van der Waals surface area contributed by atoms with Gasteiger partial charge in [-0.15, -0.1) is 0 Å². The smallest absolute Gasteiger partial charge is 0.243 e. The van der Waals surface area contributed by atoms with E-state index >= 15 is 0 Å². The Labute approximate surface area is 200 Å². The van der Waals surface area contributed by atoms with E-state index in [1.807, 2.05) is 24.3 Å². The second kappa shape index (κ2) is 11.2. The lowest BCUT2D eigenvalue weighted by molar-refractivity contribution is -0.122. The average Bonchev–Trinajstić information content (AvgIpc) is 2.78. The molecule has 1 aliphatic heterocycles. The molecule has 2 aromatic rings. The Morgan fingerprint density at radius 2 is 1.82 bits per heavy atom. The highest BCUT2D eigenvalue weighted by molar-refractivity contribution is 7.92. The molecule has 1 amide bonds. The van der Waals surface area contributed by atoms with Crippen LogP contribution < -0.4 is 14.4 Å². The number of ether oxygens (including phenoxy) is 2. The van der Waals surface area contributed by atoms with Gasteiger partial charge in [0, 0.05) is 26.2 Å². The van der Waals surface area contributed by atoms with Crippen molar-refractivity contribution < 1.29 is 22.7 Å². The molecule has 1 heterocycles. The number of carbonyl (C=O) groups excluding carboxylic acids is 1. The quantitative estimate of drug-likeness (QED) is 0.575. The Morgan fingerprint density at radius 3 is 2.39 bits per heavy atom. The van der Waals surface area contributed by atoms with Gasteiger partial charge < -0.3 is 14.8 Å². The average molecular weight is 496 g/mol. The van der Waals surface area contributed by atoms with Gasteiger partial charge in [-0.1, -0.05) is 35.9 Å². The fraction of sp³-hybridized carbons (Fsp3) is 0.435. The molecule has 3 rings (SSSR count). The molecule has 0 aromatic heterocycles. The van der Waals surface area contributed by atoms with Crippen molar-refractivity contribution in [2.24, 2.45) is 0 Å². The molecular formula is C23H30ClN3O5S. The van der Waals surface area contributed by atoms with Crippen LogP contribution in [0.3, 0.4) is 0 Å². The van der Waals surface area contributed by atoms with E-state index in [9.17, 15) is 13.2 Å². The van der Waals surface area contributed by atoms with Crippen LogP contribution in [0.4, 0.5) is 5.69 Å². The van der Waals surface area contributed by atoms with Crippen LogP contribution in [0.25, 0.3) is 0 Å². The summed E-state index contributed by atoms with van der Waals surface area (Å²) in [4.78, 5) is 15.2. The summed E-state index contributed by atoms with van der Waals surface area (Å²) in [5, 5.41) is 3.09. The molecule has 1 saturated heterocycles. The fourth-order valence-electron chi connectivity index (χ4n) is 3.72. The lowest BCUT2D eigenvalue weighted by Gasteiger charge is -2.28. The van der Waals surface area contributed by atoms with Gasteiger partial charge in [0.15, 0.2) is 0 Å². The first-order valence-electron chi connectivity index (χ1n) is 10.7. The summed E-state index contributed by atoms with van der Waals surface area (Å²) in [6.07, 6.45) is 1.06. The molecule has 33 heavy (non-hydrogen) atoms. The number of sulfonamides is 1. The van der Waals surface area contributed by atoms with Crippen molar-refractivity contribution in [1.29, 1.82) is 0 Å². The molecule has 0 saturated carbocycles. The van der Waals surface area contributed by atoms with Gasteiger partial charge in [-0.05, 0) is 36.2 Å². The molecule has 10 heteroatoms. The predicted molar refractivity (Wildman–Crippen MR) is 129 cm³/mol. The number of methoxy groups -OCH3 is 1. The summed E-state index contributed by atoms with van der Waals surface area (Å²) in [7, 11) is -2.27. The maximum Gasteiger partial charge on any atom is 0.243 e. The number of carbonyl (C=O) groups is 1. The van der Waals surface area contributed by atoms with Crippen LogP contribution in [0.2, 0.25) is 5.02 Å². The predicted octanol–water partition coefficient (Wildman–Crippen LogP) is 2.65. The van der Waals surface area contributed by atoms with Crippen molar-refractivity contribution in [2.75, 3.05) is 44.0 Å². The lowest BCUT2D eigenvalue weighted by Crippen LogP contribution is -2.47. The number of morpholine rings is 1. The van der Waals surface area contributed by atoms with E-state index in [4.69, 9.17) is 21.1 Å². The van der Waals surface area contributed by atoms with Crippen molar-refractivity contribution in [3.63, 3.8) is 0 Å². The van der Waals surface area contributed by atoms with Gasteiger partial charge in [0.1, 0.15) is 11.8 Å². The first kappa shape index (κ1) is 25.3.